The molecule has 1 aliphatic heterocycles. The van der Waals surface area contributed by atoms with Gasteiger partial charge in [0.05, 0.1) is 6.61 Å². The van der Waals surface area contributed by atoms with E-state index in [4.69, 9.17) is 4.74 Å². The fourth-order valence-electron chi connectivity index (χ4n) is 2.75. The zero-order valence-corrected chi connectivity index (χ0v) is 11.5. The third-order valence-electron chi connectivity index (χ3n) is 4.34. The number of fused-ring (bicyclic) bond motifs is 1. The van der Waals surface area contributed by atoms with Gasteiger partial charge in [-0.2, -0.15) is 0 Å². The summed E-state index contributed by atoms with van der Waals surface area (Å²) in [6.07, 6.45) is 0. The van der Waals surface area contributed by atoms with Gasteiger partial charge < -0.3 is 9.64 Å². The molecular weight excluding hydrogens is 210 g/mol. The summed E-state index contributed by atoms with van der Waals surface area (Å²) in [6, 6.07) is 7.07. The zero-order valence-electron chi connectivity index (χ0n) is 11.5. The van der Waals surface area contributed by atoms with Crippen LogP contribution in [0.1, 0.15) is 39.2 Å². The second-order valence-electron chi connectivity index (χ2n) is 5.15. The molecule has 3 unspecified atom stereocenters. The van der Waals surface area contributed by atoms with Gasteiger partial charge in [0.25, 0.3) is 0 Å². The lowest BCUT2D eigenvalue weighted by Crippen LogP contribution is -2.41. The van der Waals surface area contributed by atoms with Gasteiger partial charge in [-0.3, -0.25) is 0 Å². The van der Waals surface area contributed by atoms with Crippen LogP contribution in [0.5, 0.6) is 5.75 Å². The lowest BCUT2D eigenvalue weighted by atomic mass is 9.79. The van der Waals surface area contributed by atoms with Crippen molar-refractivity contribution in [1.29, 1.82) is 0 Å². The molecule has 1 heterocycles. The average Bonchev–Trinajstić information content (AvgIpc) is 2.34. The van der Waals surface area contributed by atoms with Crippen LogP contribution in [-0.2, 0) is 0 Å². The van der Waals surface area contributed by atoms with E-state index in [2.05, 4.69) is 50.9 Å². The molecule has 2 nitrogen and oxygen atoms in total. The minimum atomic E-state index is 0.593. The van der Waals surface area contributed by atoms with E-state index in [1.807, 2.05) is 6.92 Å². The number of rotatable bonds is 2. The first-order valence-corrected chi connectivity index (χ1v) is 6.55. The Morgan fingerprint density at radius 2 is 1.94 bits per heavy atom. The summed E-state index contributed by atoms with van der Waals surface area (Å²) in [7, 11) is 2.19. The molecule has 1 aromatic rings. The Kier molecular flexibility index (Phi) is 3.32. The first-order valence-electron chi connectivity index (χ1n) is 6.55. The summed E-state index contributed by atoms with van der Waals surface area (Å²) in [5.74, 6) is 2.26. The van der Waals surface area contributed by atoms with Crippen LogP contribution in [-0.4, -0.2) is 19.7 Å². The van der Waals surface area contributed by atoms with Gasteiger partial charge in [-0.1, -0.05) is 13.8 Å². The molecule has 0 aliphatic carbocycles. The van der Waals surface area contributed by atoms with Gasteiger partial charge >= 0.3 is 0 Å². The monoisotopic (exact) mass is 233 g/mol. The van der Waals surface area contributed by atoms with Crippen molar-refractivity contribution in [3.05, 3.63) is 23.8 Å². The largest absolute Gasteiger partial charge is 0.494 e. The van der Waals surface area contributed by atoms with Gasteiger partial charge in [0.15, 0.2) is 0 Å². The lowest BCUT2D eigenvalue weighted by Gasteiger charge is -2.42. The van der Waals surface area contributed by atoms with Crippen LogP contribution < -0.4 is 9.64 Å². The topological polar surface area (TPSA) is 12.5 Å². The van der Waals surface area contributed by atoms with Gasteiger partial charge in [-0.15, -0.1) is 0 Å². The highest BCUT2D eigenvalue weighted by molar-refractivity contribution is 5.60. The number of nitrogens with zero attached hydrogens (tertiary/aromatic N) is 1. The summed E-state index contributed by atoms with van der Waals surface area (Å²) in [4.78, 5) is 2.38. The van der Waals surface area contributed by atoms with Gasteiger partial charge in [0.1, 0.15) is 5.75 Å². The molecule has 0 saturated heterocycles. The summed E-state index contributed by atoms with van der Waals surface area (Å²) >= 11 is 0. The number of hydrogen-bond donors (Lipinski definition) is 0. The fraction of sp³-hybridized carbons (Fsp3) is 0.600. The van der Waals surface area contributed by atoms with E-state index in [9.17, 15) is 0 Å². The van der Waals surface area contributed by atoms with Crippen LogP contribution in [0.4, 0.5) is 5.69 Å². The Bertz CT molecular complexity index is 402. The zero-order chi connectivity index (χ0) is 12.6. The molecule has 0 aromatic heterocycles. The highest BCUT2D eigenvalue weighted by atomic mass is 16.5. The minimum Gasteiger partial charge on any atom is -0.494 e. The van der Waals surface area contributed by atoms with Crippen LogP contribution in [0.3, 0.4) is 0 Å². The fourth-order valence-corrected chi connectivity index (χ4v) is 2.75. The Morgan fingerprint density at radius 3 is 2.59 bits per heavy atom. The first kappa shape index (κ1) is 12.3. The molecule has 0 N–H and O–H groups in total. The molecule has 94 valence electrons. The predicted molar refractivity (Wildman–Crippen MR) is 73.1 cm³/mol. The third kappa shape index (κ3) is 2.01. The molecule has 0 amide bonds. The number of ether oxygens (including phenoxy) is 1. The van der Waals surface area contributed by atoms with Crippen molar-refractivity contribution in [2.75, 3.05) is 18.6 Å². The molecule has 2 heteroatoms. The molecule has 0 radical (unpaired) electrons. The second kappa shape index (κ2) is 4.59. The van der Waals surface area contributed by atoms with E-state index in [-0.39, 0.29) is 0 Å². The second-order valence-corrected chi connectivity index (χ2v) is 5.15. The number of anilines is 1. The van der Waals surface area contributed by atoms with Crippen LogP contribution in [0.2, 0.25) is 0 Å². The molecule has 0 saturated carbocycles. The van der Waals surface area contributed by atoms with Crippen LogP contribution in [0.25, 0.3) is 0 Å². The van der Waals surface area contributed by atoms with E-state index in [1.54, 1.807) is 0 Å². The van der Waals surface area contributed by atoms with Crippen molar-refractivity contribution in [1.82, 2.24) is 0 Å². The van der Waals surface area contributed by atoms with Gasteiger partial charge in [-0.25, -0.2) is 0 Å². The molecule has 2 rings (SSSR count). The van der Waals surface area contributed by atoms with Crippen LogP contribution >= 0.6 is 0 Å². The maximum Gasteiger partial charge on any atom is 0.119 e. The Hall–Kier alpha value is -1.18. The molecule has 1 aromatic carbocycles. The smallest absolute Gasteiger partial charge is 0.119 e. The lowest BCUT2D eigenvalue weighted by molar-refractivity contribution is 0.336. The Morgan fingerprint density at radius 1 is 1.24 bits per heavy atom. The van der Waals surface area contributed by atoms with Gasteiger partial charge in [-0.05, 0) is 49.4 Å². The highest BCUT2D eigenvalue weighted by Gasteiger charge is 2.31. The van der Waals surface area contributed by atoms with E-state index in [1.165, 1.54) is 11.3 Å². The summed E-state index contributed by atoms with van der Waals surface area (Å²) in [5.41, 5.74) is 2.77. The molecular formula is C15H23NO. The number of hydrogen-bond acceptors (Lipinski definition) is 2. The molecule has 0 fully saturated rings. The van der Waals surface area contributed by atoms with Gasteiger partial charge in [0, 0.05) is 18.8 Å². The van der Waals surface area contributed by atoms with Crippen molar-refractivity contribution >= 4 is 5.69 Å². The molecule has 0 bridgehead atoms. The summed E-state index contributed by atoms with van der Waals surface area (Å²) in [6.45, 7) is 9.72. The third-order valence-corrected chi connectivity index (χ3v) is 4.34. The van der Waals surface area contributed by atoms with E-state index in [0.717, 1.165) is 12.4 Å². The predicted octanol–water partition coefficient (Wildman–Crippen LogP) is 3.66. The minimum absolute atomic E-state index is 0.593. The quantitative estimate of drug-likeness (QED) is 0.773. The van der Waals surface area contributed by atoms with Crippen molar-refractivity contribution < 1.29 is 4.74 Å². The molecule has 3 atom stereocenters. The average molecular weight is 233 g/mol. The van der Waals surface area contributed by atoms with E-state index < -0.39 is 0 Å². The summed E-state index contributed by atoms with van der Waals surface area (Å²) < 4.78 is 5.60. The number of benzene rings is 1. The van der Waals surface area contributed by atoms with Crippen molar-refractivity contribution in [2.24, 2.45) is 5.92 Å². The maximum atomic E-state index is 5.60. The Balaban J connectivity index is 2.43. The van der Waals surface area contributed by atoms with Crippen LogP contribution in [0.15, 0.2) is 18.2 Å². The van der Waals surface area contributed by atoms with Crippen molar-refractivity contribution in [3.8, 4) is 5.75 Å². The SMILES string of the molecule is CCOc1ccc2c(c1)C(C)C(C)C(C)N2C. The maximum absolute atomic E-state index is 5.60. The van der Waals surface area contributed by atoms with Crippen LogP contribution in [0, 0.1) is 5.92 Å². The first-order chi connectivity index (χ1) is 8.06. The van der Waals surface area contributed by atoms with Crippen molar-refractivity contribution in [2.45, 2.75) is 39.7 Å². The molecule has 0 spiro atoms. The standard InChI is InChI=1S/C15H23NO/c1-6-17-13-7-8-15-14(9-13)11(3)10(2)12(4)16(15)5/h7-12H,6H2,1-5H3. The Labute approximate surface area is 105 Å². The normalized spacial score (nSPS) is 27.8. The molecule has 17 heavy (non-hydrogen) atoms. The summed E-state index contributed by atoms with van der Waals surface area (Å²) in [5, 5.41) is 0. The molecule has 1 aliphatic rings. The van der Waals surface area contributed by atoms with E-state index >= 15 is 0 Å². The van der Waals surface area contributed by atoms with Crippen molar-refractivity contribution in [3.63, 3.8) is 0 Å². The highest BCUT2D eigenvalue weighted by Crippen LogP contribution is 2.42. The van der Waals surface area contributed by atoms with E-state index in [0.29, 0.717) is 17.9 Å². The van der Waals surface area contributed by atoms with Gasteiger partial charge in [0.2, 0.25) is 0 Å².